The summed E-state index contributed by atoms with van der Waals surface area (Å²) in [5.41, 5.74) is 0.191. The molecule has 1 aromatic carbocycles. The normalized spacial score (nSPS) is 21.7. The zero-order valence-electron chi connectivity index (χ0n) is 14.2. The van der Waals surface area contributed by atoms with E-state index in [4.69, 9.17) is 4.74 Å². The molecule has 1 fully saturated rings. The molecule has 0 heterocycles. The maximum Gasteiger partial charge on any atom is 0.407 e. The smallest absolute Gasteiger partial charge is 0.407 e. The van der Waals surface area contributed by atoms with Gasteiger partial charge in [0.25, 0.3) is 0 Å². The molecule has 1 aromatic rings. The molecule has 4 nitrogen and oxygen atoms in total. The van der Waals surface area contributed by atoms with Crippen LogP contribution in [0.2, 0.25) is 0 Å². The number of hydrogen-bond donors (Lipinski definition) is 2. The van der Waals surface area contributed by atoms with Crippen LogP contribution in [0.15, 0.2) is 24.3 Å². The lowest BCUT2D eigenvalue weighted by Crippen LogP contribution is -2.45. The van der Waals surface area contributed by atoms with Gasteiger partial charge in [0.05, 0.1) is 0 Å². The summed E-state index contributed by atoms with van der Waals surface area (Å²) in [4.78, 5) is 11.9. The molecule has 2 rings (SSSR count). The molecule has 0 radical (unpaired) electrons. The Hall–Kier alpha value is -1.62. The van der Waals surface area contributed by atoms with E-state index in [1.807, 2.05) is 26.8 Å². The Morgan fingerprint density at radius 1 is 1.26 bits per heavy atom. The maximum absolute atomic E-state index is 13.6. The first-order valence-electron chi connectivity index (χ1n) is 8.30. The fraction of sp³-hybridized carbons (Fsp3) is 0.611. The molecular formula is C18H27FN2O2. The van der Waals surface area contributed by atoms with E-state index >= 15 is 0 Å². The Morgan fingerprint density at radius 3 is 2.65 bits per heavy atom. The quantitative estimate of drug-likeness (QED) is 0.887. The van der Waals surface area contributed by atoms with Crippen molar-refractivity contribution >= 4 is 6.09 Å². The summed E-state index contributed by atoms with van der Waals surface area (Å²) in [6.45, 7) is 6.07. The number of nitrogens with one attached hydrogen (secondary N) is 2. The molecule has 1 aliphatic rings. The average molecular weight is 322 g/mol. The van der Waals surface area contributed by atoms with Gasteiger partial charge in [-0.2, -0.15) is 0 Å². The molecule has 5 heteroatoms. The van der Waals surface area contributed by atoms with Crippen LogP contribution in [0.3, 0.4) is 0 Å². The summed E-state index contributed by atoms with van der Waals surface area (Å²) < 4.78 is 18.9. The van der Waals surface area contributed by atoms with E-state index in [-0.39, 0.29) is 24.0 Å². The van der Waals surface area contributed by atoms with Crippen molar-refractivity contribution in [2.24, 2.45) is 0 Å². The highest BCUT2D eigenvalue weighted by molar-refractivity contribution is 5.68. The van der Waals surface area contributed by atoms with Crippen molar-refractivity contribution in [1.29, 1.82) is 0 Å². The molecule has 1 aliphatic carbocycles. The molecule has 0 aromatic heterocycles. The number of carbonyl (C=O) groups excluding carboxylic acids is 1. The van der Waals surface area contributed by atoms with E-state index in [2.05, 4.69) is 10.6 Å². The topological polar surface area (TPSA) is 50.4 Å². The molecule has 1 amide bonds. The summed E-state index contributed by atoms with van der Waals surface area (Å²) in [5, 5.41) is 6.34. The minimum atomic E-state index is -0.485. The highest BCUT2D eigenvalue weighted by atomic mass is 19.1. The summed E-state index contributed by atoms with van der Waals surface area (Å²) in [7, 11) is 0. The van der Waals surface area contributed by atoms with Crippen LogP contribution in [0, 0.1) is 5.82 Å². The second-order valence-electron chi connectivity index (χ2n) is 7.18. The third kappa shape index (κ3) is 6.18. The van der Waals surface area contributed by atoms with Gasteiger partial charge in [-0.05, 0) is 52.5 Å². The van der Waals surface area contributed by atoms with Gasteiger partial charge in [-0.3, -0.25) is 0 Å². The lowest BCUT2D eigenvalue weighted by molar-refractivity contribution is 0.0488. The van der Waals surface area contributed by atoms with E-state index in [0.29, 0.717) is 12.1 Å². The zero-order valence-corrected chi connectivity index (χ0v) is 14.2. The van der Waals surface area contributed by atoms with Crippen molar-refractivity contribution in [3.63, 3.8) is 0 Å². The van der Waals surface area contributed by atoms with Crippen molar-refractivity contribution in [1.82, 2.24) is 10.6 Å². The van der Waals surface area contributed by atoms with Crippen LogP contribution in [-0.2, 0) is 11.3 Å². The third-order valence-corrected chi connectivity index (χ3v) is 3.93. The van der Waals surface area contributed by atoms with Crippen LogP contribution >= 0.6 is 0 Å². The fourth-order valence-electron chi connectivity index (χ4n) is 2.88. The highest BCUT2D eigenvalue weighted by Crippen LogP contribution is 2.20. The summed E-state index contributed by atoms with van der Waals surface area (Å²) >= 11 is 0. The minimum Gasteiger partial charge on any atom is -0.444 e. The van der Waals surface area contributed by atoms with Gasteiger partial charge in [0.1, 0.15) is 11.4 Å². The highest BCUT2D eigenvalue weighted by Gasteiger charge is 2.25. The molecule has 128 valence electrons. The van der Waals surface area contributed by atoms with Gasteiger partial charge in [0.2, 0.25) is 0 Å². The molecule has 23 heavy (non-hydrogen) atoms. The number of carbonyl (C=O) groups is 1. The van der Waals surface area contributed by atoms with Crippen LogP contribution in [0.5, 0.6) is 0 Å². The second kappa shape index (κ2) is 7.77. The monoisotopic (exact) mass is 322 g/mol. The fourth-order valence-corrected chi connectivity index (χ4v) is 2.88. The zero-order chi connectivity index (χ0) is 16.9. The van der Waals surface area contributed by atoms with Crippen LogP contribution in [0.25, 0.3) is 0 Å². The third-order valence-electron chi connectivity index (χ3n) is 3.93. The van der Waals surface area contributed by atoms with Crippen molar-refractivity contribution in [2.45, 2.75) is 70.7 Å². The molecule has 2 unspecified atom stereocenters. The molecule has 0 bridgehead atoms. The number of rotatable bonds is 4. The summed E-state index contributed by atoms with van der Waals surface area (Å²) in [6.07, 6.45) is 3.51. The Morgan fingerprint density at radius 2 is 1.96 bits per heavy atom. The van der Waals surface area contributed by atoms with Crippen LogP contribution in [0.1, 0.15) is 52.0 Å². The largest absolute Gasteiger partial charge is 0.444 e. The van der Waals surface area contributed by atoms with Gasteiger partial charge in [0.15, 0.2) is 0 Å². The molecule has 0 aliphatic heterocycles. The maximum atomic E-state index is 13.6. The number of amides is 1. The number of benzene rings is 1. The Labute approximate surface area is 137 Å². The van der Waals surface area contributed by atoms with Crippen molar-refractivity contribution in [3.05, 3.63) is 35.6 Å². The number of alkyl carbamates (subject to hydrolysis) is 1. The predicted molar refractivity (Wildman–Crippen MR) is 88.7 cm³/mol. The van der Waals surface area contributed by atoms with Crippen LogP contribution in [0.4, 0.5) is 9.18 Å². The van der Waals surface area contributed by atoms with Gasteiger partial charge in [-0.25, -0.2) is 9.18 Å². The van der Waals surface area contributed by atoms with Gasteiger partial charge >= 0.3 is 6.09 Å². The first-order chi connectivity index (χ1) is 10.8. The summed E-state index contributed by atoms with van der Waals surface area (Å²) in [6, 6.07) is 7.19. The van der Waals surface area contributed by atoms with Gasteiger partial charge in [-0.15, -0.1) is 0 Å². The van der Waals surface area contributed by atoms with Gasteiger partial charge in [0, 0.05) is 24.2 Å². The molecule has 0 saturated heterocycles. The number of ether oxygens (including phenoxy) is 1. The van der Waals surface area contributed by atoms with E-state index in [9.17, 15) is 9.18 Å². The van der Waals surface area contributed by atoms with Crippen molar-refractivity contribution in [2.75, 3.05) is 0 Å². The number of hydrogen-bond acceptors (Lipinski definition) is 3. The molecule has 1 saturated carbocycles. The summed E-state index contributed by atoms with van der Waals surface area (Å²) in [5.74, 6) is -0.181. The van der Waals surface area contributed by atoms with Crippen LogP contribution in [-0.4, -0.2) is 23.8 Å². The first-order valence-corrected chi connectivity index (χ1v) is 8.30. The lowest BCUT2D eigenvalue weighted by atomic mass is 9.91. The first kappa shape index (κ1) is 17.7. The predicted octanol–water partition coefficient (Wildman–Crippen LogP) is 3.75. The van der Waals surface area contributed by atoms with Crippen LogP contribution < -0.4 is 10.6 Å². The minimum absolute atomic E-state index is 0.108. The van der Waals surface area contributed by atoms with Crippen molar-refractivity contribution in [3.8, 4) is 0 Å². The van der Waals surface area contributed by atoms with Gasteiger partial charge < -0.3 is 15.4 Å². The molecular weight excluding hydrogens is 295 g/mol. The van der Waals surface area contributed by atoms with E-state index in [1.54, 1.807) is 12.1 Å². The average Bonchev–Trinajstić information content (AvgIpc) is 2.45. The number of halogens is 1. The van der Waals surface area contributed by atoms with E-state index in [1.165, 1.54) is 6.07 Å². The Bertz CT molecular complexity index is 528. The molecule has 2 atom stereocenters. The van der Waals surface area contributed by atoms with Crippen molar-refractivity contribution < 1.29 is 13.9 Å². The second-order valence-corrected chi connectivity index (χ2v) is 7.18. The Kier molecular flexibility index (Phi) is 5.99. The SMILES string of the molecule is CC(C)(C)OC(=O)NC1CCCC(NCc2ccccc2F)C1. The van der Waals surface area contributed by atoms with Gasteiger partial charge in [-0.1, -0.05) is 18.2 Å². The Balaban J connectivity index is 1.79. The standard InChI is InChI=1S/C18H27FN2O2/c1-18(2,3)23-17(22)21-15-9-6-8-14(11-15)20-12-13-7-4-5-10-16(13)19/h4-5,7,10,14-15,20H,6,8-9,11-12H2,1-3H3,(H,21,22). The van der Waals surface area contributed by atoms with E-state index in [0.717, 1.165) is 25.7 Å². The molecule has 0 spiro atoms. The molecule has 2 N–H and O–H groups in total. The van der Waals surface area contributed by atoms with E-state index < -0.39 is 5.60 Å². The lowest BCUT2D eigenvalue weighted by Gasteiger charge is -2.31.